The zero-order valence-electron chi connectivity index (χ0n) is 15.0. The predicted molar refractivity (Wildman–Crippen MR) is 101 cm³/mol. The maximum absolute atomic E-state index is 11.7. The second-order valence-corrected chi connectivity index (χ2v) is 6.33. The van der Waals surface area contributed by atoms with Crippen LogP contribution in [0, 0.1) is 0 Å². The molecule has 0 fully saturated rings. The molecule has 3 aromatic rings. The van der Waals surface area contributed by atoms with Crippen LogP contribution in [0.25, 0.3) is 5.69 Å². The van der Waals surface area contributed by atoms with Crippen molar-refractivity contribution in [2.45, 2.75) is 19.9 Å². The Balaban J connectivity index is 1.66. The van der Waals surface area contributed by atoms with Gasteiger partial charge >= 0.3 is 5.97 Å². The van der Waals surface area contributed by atoms with Crippen molar-refractivity contribution in [1.29, 1.82) is 0 Å². The Labute approximate surface area is 156 Å². The Morgan fingerprint density at radius 2 is 1.85 bits per heavy atom. The lowest BCUT2D eigenvalue weighted by Gasteiger charge is -2.28. The molecular weight excluding hydrogens is 344 g/mol. The third-order valence-corrected chi connectivity index (χ3v) is 4.61. The maximum atomic E-state index is 11.7. The number of aromatic carboxylic acids is 1. The molecule has 7 nitrogen and oxygen atoms in total. The van der Waals surface area contributed by atoms with Crippen LogP contribution < -0.4 is 9.64 Å². The van der Waals surface area contributed by atoms with Crippen LogP contribution in [0.2, 0.25) is 0 Å². The van der Waals surface area contributed by atoms with E-state index >= 15 is 0 Å². The van der Waals surface area contributed by atoms with Crippen molar-refractivity contribution in [3.8, 4) is 11.4 Å². The average Bonchev–Trinajstić information content (AvgIpc) is 3.14. The highest BCUT2D eigenvalue weighted by atomic mass is 16.5. The molecule has 27 heavy (non-hydrogen) atoms. The zero-order valence-corrected chi connectivity index (χ0v) is 15.0. The monoisotopic (exact) mass is 364 g/mol. The van der Waals surface area contributed by atoms with Crippen LogP contribution in [0.5, 0.6) is 5.75 Å². The van der Waals surface area contributed by atoms with E-state index in [1.165, 1.54) is 15.9 Å². The summed E-state index contributed by atoms with van der Waals surface area (Å²) in [4.78, 5) is 15.1. The summed E-state index contributed by atoms with van der Waals surface area (Å²) < 4.78 is 5.44. The van der Waals surface area contributed by atoms with Crippen LogP contribution in [0.1, 0.15) is 28.5 Å². The standard InChI is InChI=1S/C20H20N4O3/c1-2-27-17-9-7-16(8-10-17)24-21-18(20(25)26)19(22-24)23-12-11-14-5-3-4-6-15(14)13-23/h3-10H,2,11-13H2,1H3,(H,25,26). The van der Waals surface area contributed by atoms with Crippen LogP contribution in [0.15, 0.2) is 48.5 Å². The molecule has 7 heteroatoms. The highest BCUT2D eigenvalue weighted by molar-refractivity contribution is 5.91. The first-order valence-corrected chi connectivity index (χ1v) is 8.91. The first-order chi connectivity index (χ1) is 13.2. The lowest BCUT2D eigenvalue weighted by atomic mass is 10.00. The van der Waals surface area contributed by atoms with Crippen molar-refractivity contribution in [1.82, 2.24) is 15.0 Å². The van der Waals surface area contributed by atoms with Gasteiger partial charge in [-0.2, -0.15) is 0 Å². The van der Waals surface area contributed by atoms with Gasteiger partial charge in [0.1, 0.15) is 5.75 Å². The molecule has 0 unspecified atom stereocenters. The Morgan fingerprint density at radius 3 is 2.56 bits per heavy atom. The van der Waals surface area contributed by atoms with Crippen LogP contribution in [-0.2, 0) is 13.0 Å². The highest BCUT2D eigenvalue weighted by Gasteiger charge is 2.26. The molecule has 2 heterocycles. The molecule has 2 aromatic carbocycles. The van der Waals surface area contributed by atoms with Gasteiger partial charge in [-0.25, -0.2) is 4.79 Å². The SMILES string of the molecule is CCOc1ccc(-n2nc(C(=O)O)c(N3CCc4ccccc4C3)n2)cc1. The Morgan fingerprint density at radius 1 is 1.11 bits per heavy atom. The van der Waals surface area contributed by atoms with Gasteiger partial charge in [0.15, 0.2) is 5.82 Å². The maximum Gasteiger partial charge on any atom is 0.360 e. The predicted octanol–water partition coefficient (Wildman–Crippen LogP) is 2.93. The van der Waals surface area contributed by atoms with Crippen molar-refractivity contribution in [3.05, 3.63) is 65.4 Å². The van der Waals surface area contributed by atoms with E-state index in [0.29, 0.717) is 31.2 Å². The minimum Gasteiger partial charge on any atom is -0.494 e. The average molecular weight is 364 g/mol. The second-order valence-electron chi connectivity index (χ2n) is 6.33. The van der Waals surface area contributed by atoms with E-state index in [4.69, 9.17) is 4.74 Å². The molecule has 1 aliphatic rings. The van der Waals surface area contributed by atoms with E-state index in [9.17, 15) is 9.90 Å². The topological polar surface area (TPSA) is 80.5 Å². The number of benzene rings is 2. The molecule has 1 N–H and O–H groups in total. The number of aromatic nitrogens is 3. The second kappa shape index (κ2) is 7.11. The van der Waals surface area contributed by atoms with Crippen LogP contribution in [0.3, 0.4) is 0 Å². The number of carboxylic acid groups (broad SMARTS) is 1. The van der Waals surface area contributed by atoms with Gasteiger partial charge in [-0.15, -0.1) is 15.0 Å². The smallest absolute Gasteiger partial charge is 0.360 e. The normalized spacial score (nSPS) is 13.3. The molecule has 4 rings (SSSR count). The number of nitrogens with zero attached hydrogens (tertiary/aromatic N) is 4. The minimum atomic E-state index is -1.08. The van der Waals surface area contributed by atoms with Crippen LogP contribution in [0.4, 0.5) is 5.82 Å². The van der Waals surface area contributed by atoms with Gasteiger partial charge in [0.25, 0.3) is 0 Å². The van der Waals surface area contributed by atoms with Gasteiger partial charge in [0.2, 0.25) is 5.69 Å². The number of hydrogen-bond donors (Lipinski definition) is 1. The summed E-state index contributed by atoms with van der Waals surface area (Å²) >= 11 is 0. The summed E-state index contributed by atoms with van der Waals surface area (Å²) in [6, 6.07) is 15.5. The van der Waals surface area contributed by atoms with Gasteiger partial charge in [0, 0.05) is 13.1 Å². The molecule has 0 saturated carbocycles. The fraction of sp³-hybridized carbons (Fsp3) is 0.250. The number of carbonyl (C=O) groups is 1. The molecule has 0 spiro atoms. The zero-order chi connectivity index (χ0) is 18.8. The molecule has 138 valence electrons. The van der Waals surface area contributed by atoms with Crippen molar-refractivity contribution < 1.29 is 14.6 Å². The van der Waals surface area contributed by atoms with E-state index in [-0.39, 0.29) is 5.69 Å². The molecular formula is C20H20N4O3. The Hall–Kier alpha value is -3.35. The fourth-order valence-corrected chi connectivity index (χ4v) is 3.28. The minimum absolute atomic E-state index is 0.0386. The lowest BCUT2D eigenvalue weighted by Crippen LogP contribution is -2.31. The fourth-order valence-electron chi connectivity index (χ4n) is 3.28. The molecule has 1 aliphatic heterocycles. The van der Waals surface area contributed by atoms with E-state index < -0.39 is 5.97 Å². The van der Waals surface area contributed by atoms with Crippen molar-refractivity contribution in [2.75, 3.05) is 18.1 Å². The molecule has 0 aliphatic carbocycles. The van der Waals surface area contributed by atoms with E-state index in [1.54, 1.807) is 0 Å². The van der Waals surface area contributed by atoms with Gasteiger partial charge in [-0.3, -0.25) is 0 Å². The summed E-state index contributed by atoms with van der Waals surface area (Å²) in [5, 5.41) is 18.3. The lowest BCUT2D eigenvalue weighted by molar-refractivity contribution is 0.0690. The van der Waals surface area contributed by atoms with E-state index in [1.807, 2.05) is 48.2 Å². The number of carboxylic acids is 1. The summed E-state index contributed by atoms with van der Waals surface area (Å²) in [5.74, 6) is 0.0617. The number of fused-ring (bicyclic) bond motifs is 1. The molecule has 0 radical (unpaired) electrons. The van der Waals surface area contributed by atoms with Crippen LogP contribution in [-0.4, -0.2) is 39.2 Å². The van der Waals surface area contributed by atoms with Gasteiger partial charge < -0.3 is 14.7 Å². The Kier molecular flexibility index (Phi) is 4.50. The van der Waals surface area contributed by atoms with Gasteiger partial charge in [-0.1, -0.05) is 24.3 Å². The molecule has 0 bridgehead atoms. The first-order valence-electron chi connectivity index (χ1n) is 8.91. The Bertz CT molecular complexity index is 966. The number of ether oxygens (including phenoxy) is 1. The highest BCUT2D eigenvalue weighted by Crippen LogP contribution is 2.26. The van der Waals surface area contributed by atoms with Crippen molar-refractivity contribution >= 4 is 11.8 Å². The van der Waals surface area contributed by atoms with Crippen molar-refractivity contribution in [3.63, 3.8) is 0 Å². The summed E-state index contributed by atoms with van der Waals surface area (Å²) in [7, 11) is 0. The molecule has 0 amide bonds. The molecule has 0 atom stereocenters. The van der Waals surface area contributed by atoms with E-state index in [0.717, 1.165) is 12.2 Å². The third kappa shape index (κ3) is 3.36. The quantitative estimate of drug-likeness (QED) is 0.750. The summed E-state index contributed by atoms with van der Waals surface area (Å²) in [6.07, 6.45) is 0.852. The number of rotatable bonds is 5. The third-order valence-electron chi connectivity index (χ3n) is 4.61. The van der Waals surface area contributed by atoms with E-state index in [2.05, 4.69) is 22.3 Å². The first kappa shape index (κ1) is 17.1. The largest absolute Gasteiger partial charge is 0.494 e. The summed E-state index contributed by atoms with van der Waals surface area (Å²) in [5.41, 5.74) is 3.13. The van der Waals surface area contributed by atoms with Crippen molar-refractivity contribution in [2.24, 2.45) is 0 Å². The molecule has 0 saturated heterocycles. The molecule has 1 aromatic heterocycles. The van der Waals surface area contributed by atoms with Gasteiger partial charge in [-0.05, 0) is 48.7 Å². The number of anilines is 1. The van der Waals surface area contributed by atoms with Crippen LogP contribution >= 0.6 is 0 Å². The number of hydrogen-bond acceptors (Lipinski definition) is 5. The summed E-state index contributed by atoms with van der Waals surface area (Å²) in [6.45, 7) is 3.84. The van der Waals surface area contributed by atoms with Gasteiger partial charge in [0.05, 0.1) is 12.3 Å².